The van der Waals surface area contributed by atoms with Crippen molar-refractivity contribution in [1.82, 2.24) is 4.90 Å². The Morgan fingerprint density at radius 1 is 0.909 bits per heavy atom. The first kappa shape index (κ1) is 28.3. The summed E-state index contributed by atoms with van der Waals surface area (Å²) >= 11 is 1.89. The first-order chi connectivity index (χ1) is 15.0. The van der Waals surface area contributed by atoms with E-state index in [9.17, 15) is 9.59 Å². The summed E-state index contributed by atoms with van der Waals surface area (Å²) in [6.45, 7) is 9.11. The van der Waals surface area contributed by atoms with E-state index < -0.39 is 11.9 Å². The van der Waals surface area contributed by atoms with Gasteiger partial charge >= 0.3 is 11.9 Å². The standard InChI is InChI=1S/C22H27NS.C4H6O4.H2O/c1-7-18(23(5)6)21-16-10-8-9-11-19(16)24-20-13-12-15(14-17(20)21)22(2,3)4;5-3(6)1-2-4(7)8;/h8-14H,7H2,1-6H3;1-2H2,(H,5,6)(H,7,8);1H2/b21-18+;;. The fourth-order valence-electron chi connectivity index (χ4n) is 3.55. The number of benzene rings is 2. The Morgan fingerprint density at radius 2 is 1.45 bits per heavy atom. The van der Waals surface area contributed by atoms with Crippen LogP contribution in [0.1, 0.15) is 63.6 Å². The molecule has 0 atom stereocenters. The van der Waals surface area contributed by atoms with E-state index in [1.54, 1.807) is 0 Å². The molecule has 3 rings (SSSR count). The second-order valence-corrected chi connectivity index (χ2v) is 10.0. The zero-order valence-corrected chi connectivity index (χ0v) is 21.0. The number of carbonyl (C=O) groups is 2. The molecule has 1 heterocycles. The Bertz CT molecular complexity index is 1010. The molecule has 0 spiro atoms. The summed E-state index contributed by atoms with van der Waals surface area (Å²) in [5.74, 6) is -2.15. The van der Waals surface area contributed by atoms with Crippen LogP contribution in [-0.4, -0.2) is 46.6 Å². The number of hydrogen-bond acceptors (Lipinski definition) is 4. The fourth-order valence-corrected chi connectivity index (χ4v) is 4.62. The van der Waals surface area contributed by atoms with Crippen LogP contribution in [0.2, 0.25) is 0 Å². The molecule has 0 saturated heterocycles. The van der Waals surface area contributed by atoms with Crippen LogP contribution in [0.3, 0.4) is 0 Å². The molecular formula is C26H35NO5S. The van der Waals surface area contributed by atoms with Gasteiger partial charge in [0, 0.05) is 35.2 Å². The summed E-state index contributed by atoms with van der Waals surface area (Å²) in [5, 5.41) is 15.8. The van der Waals surface area contributed by atoms with Gasteiger partial charge in [0.2, 0.25) is 0 Å². The molecule has 0 bridgehead atoms. The van der Waals surface area contributed by atoms with Crippen molar-refractivity contribution in [2.75, 3.05) is 14.1 Å². The van der Waals surface area contributed by atoms with Gasteiger partial charge in [-0.1, -0.05) is 63.7 Å². The smallest absolute Gasteiger partial charge is 0.303 e. The first-order valence-electron chi connectivity index (χ1n) is 10.7. The van der Waals surface area contributed by atoms with E-state index in [1.807, 2.05) is 11.8 Å². The van der Waals surface area contributed by atoms with E-state index in [4.69, 9.17) is 10.2 Å². The van der Waals surface area contributed by atoms with Gasteiger partial charge in [-0.3, -0.25) is 9.59 Å². The predicted molar refractivity (Wildman–Crippen MR) is 134 cm³/mol. The first-order valence-corrected chi connectivity index (χ1v) is 11.5. The number of nitrogens with zero attached hydrogens (tertiary/aromatic N) is 1. The van der Waals surface area contributed by atoms with E-state index >= 15 is 0 Å². The third-order valence-electron chi connectivity index (χ3n) is 5.21. The van der Waals surface area contributed by atoms with Gasteiger partial charge < -0.3 is 20.6 Å². The lowest BCUT2D eigenvalue weighted by atomic mass is 9.84. The number of carboxylic acid groups (broad SMARTS) is 2. The molecule has 4 N–H and O–H groups in total. The molecule has 2 aromatic carbocycles. The van der Waals surface area contributed by atoms with Crippen molar-refractivity contribution in [2.45, 2.75) is 62.2 Å². The van der Waals surface area contributed by atoms with E-state index in [2.05, 4.69) is 89.2 Å². The molecule has 0 amide bonds. The van der Waals surface area contributed by atoms with Gasteiger partial charge in [0.05, 0.1) is 12.8 Å². The van der Waals surface area contributed by atoms with Gasteiger partial charge in [0.1, 0.15) is 0 Å². The molecule has 1 aliphatic rings. The van der Waals surface area contributed by atoms with Crippen molar-refractivity contribution in [3.05, 3.63) is 64.9 Å². The third-order valence-corrected chi connectivity index (χ3v) is 6.36. The van der Waals surface area contributed by atoms with Crippen LogP contribution in [0.15, 0.2) is 58.0 Å². The highest BCUT2D eigenvalue weighted by molar-refractivity contribution is 7.99. The maximum absolute atomic E-state index is 9.64. The number of hydrogen-bond donors (Lipinski definition) is 2. The molecule has 0 saturated carbocycles. The number of allylic oxidation sites excluding steroid dienone is 1. The molecule has 6 nitrogen and oxygen atoms in total. The van der Waals surface area contributed by atoms with Crippen molar-refractivity contribution in [2.24, 2.45) is 0 Å². The van der Waals surface area contributed by atoms with Crippen LogP contribution < -0.4 is 0 Å². The Morgan fingerprint density at radius 3 is 1.94 bits per heavy atom. The lowest BCUT2D eigenvalue weighted by molar-refractivity contribution is -0.143. The van der Waals surface area contributed by atoms with Crippen molar-refractivity contribution >= 4 is 29.3 Å². The second kappa shape index (κ2) is 11.9. The number of rotatable bonds is 5. The highest BCUT2D eigenvalue weighted by Crippen LogP contribution is 2.48. The summed E-state index contributed by atoms with van der Waals surface area (Å²) in [4.78, 5) is 24.3. The van der Waals surface area contributed by atoms with E-state index in [0.717, 1.165) is 6.42 Å². The maximum Gasteiger partial charge on any atom is 0.303 e. The second-order valence-electron chi connectivity index (χ2n) is 8.92. The summed E-state index contributed by atoms with van der Waals surface area (Å²) in [6.07, 6.45) is 0.436. The SMILES string of the molecule is CC/C(=C1/c2ccccc2Sc2ccc(C(C)(C)C)cc21)N(C)C.O.O=C(O)CCC(=O)O. The number of fused-ring (bicyclic) bond motifs is 2. The van der Waals surface area contributed by atoms with Crippen LogP contribution in [0, 0.1) is 0 Å². The number of aliphatic carboxylic acids is 2. The van der Waals surface area contributed by atoms with Crippen LogP contribution in [0.25, 0.3) is 5.57 Å². The van der Waals surface area contributed by atoms with Crippen LogP contribution in [0.4, 0.5) is 0 Å². The third kappa shape index (κ3) is 7.37. The topological polar surface area (TPSA) is 109 Å². The van der Waals surface area contributed by atoms with E-state index in [-0.39, 0.29) is 23.7 Å². The van der Waals surface area contributed by atoms with E-state index in [0.29, 0.717) is 0 Å². The van der Waals surface area contributed by atoms with Crippen LogP contribution in [0.5, 0.6) is 0 Å². The average Bonchev–Trinajstić information content (AvgIpc) is 2.71. The van der Waals surface area contributed by atoms with Gasteiger partial charge in [-0.2, -0.15) is 0 Å². The Labute approximate surface area is 200 Å². The molecule has 0 fully saturated rings. The highest BCUT2D eigenvalue weighted by Gasteiger charge is 2.26. The van der Waals surface area contributed by atoms with Crippen LogP contribution in [-0.2, 0) is 15.0 Å². The van der Waals surface area contributed by atoms with Gasteiger partial charge in [0.15, 0.2) is 0 Å². The number of carboxylic acids is 2. The minimum absolute atomic E-state index is 0. The molecule has 2 aromatic rings. The van der Waals surface area contributed by atoms with Crippen molar-refractivity contribution in [1.29, 1.82) is 0 Å². The summed E-state index contributed by atoms with van der Waals surface area (Å²) in [5.41, 5.74) is 7.11. The quantitative estimate of drug-likeness (QED) is 0.521. The van der Waals surface area contributed by atoms with Crippen molar-refractivity contribution in [3.8, 4) is 0 Å². The molecule has 0 aliphatic carbocycles. The Hall–Kier alpha value is -2.77. The molecule has 0 radical (unpaired) electrons. The van der Waals surface area contributed by atoms with Gasteiger partial charge in [0.25, 0.3) is 0 Å². The van der Waals surface area contributed by atoms with Crippen molar-refractivity contribution < 1.29 is 25.3 Å². The molecule has 1 aliphatic heterocycles. The van der Waals surface area contributed by atoms with Crippen LogP contribution >= 0.6 is 11.8 Å². The zero-order valence-electron chi connectivity index (χ0n) is 20.2. The Kier molecular flexibility index (Phi) is 10.2. The summed E-state index contributed by atoms with van der Waals surface area (Å²) in [7, 11) is 4.31. The minimum atomic E-state index is -1.08. The fraction of sp³-hybridized carbons (Fsp3) is 0.385. The summed E-state index contributed by atoms with van der Waals surface area (Å²) in [6, 6.07) is 15.8. The molecule has 180 valence electrons. The normalized spacial score (nSPS) is 13.4. The van der Waals surface area contributed by atoms with Crippen molar-refractivity contribution in [3.63, 3.8) is 0 Å². The maximum atomic E-state index is 9.64. The highest BCUT2D eigenvalue weighted by atomic mass is 32.2. The lowest BCUT2D eigenvalue weighted by Crippen LogP contribution is -2.16. The Balaban J connectivity index is 0.000000523. The minimum Gasteiger partial charge on any atom is -0.481 e. The zero-order chi connectivity index (χ0) is 24.1. The molecule has 0 aromatic heterocycles. The molecular weight excluding hydrogens is 438 g/mol. The monoisotopic (exact) mass is 473 g/mol. The molecule has 7 heteroatoms. The van der Waals surface area contributed by atoms with Gasteiger partial charge in [-0.25, -0.2) is 0 Å². The molecule has 0 unspecified atom stereocenters. The molecule has 33 heavy (non-hydrogen) atoms. The van der Waals surface area contributed by atoms with Gasteiger partial charge in [-0.15, -0.1) is 0 Å². The average molecular weight is 474 g/mol. The summed E-state index contributed by atoms with van der Waals surface area (Å²) < 4.78 is 0. The lowest BCUT2D eigenvalue weighted by Gasteiger charge is -2.30. The predicted octanol–water partition coefficient (Wildman–Crippen LogP) is 5.29. The van der Waals surface area contributed by atoms with E-state index in [1.165, 1.54) is 37.8 Å². The van der Waals surface area contributed by atoms with Gasteiger partial charge in [-0.05, 0) is 46.7 Å². The largest absolute Gasteiger partial charge is 0.481 e.